The zero-order chi connectivity index (χ0) is 33.3. The molecular weight excluding hydrogens is 593 g/mol. The molecule has 0 bridgehead atoms. The SMILES string of the molecule is C#C[C@@H](C[C@@H](OCc1ccc(OC)cc1)C(=O)CCO[Si](c1ccccc1)(c1ccccc1)C(C)(C)C)O[Si](C)(C)C(C)(C)C. The van der Waals surface area contributed by atoms with Gasteiger partial charge in [-0.05, 0) is 51.2 Å². The first kappa shape index (κ1) is 36.5. The van der Waals surface area contributed by atoms with Crippen molar-refractivity contribution in [3.05, 3.63) is 90.5 Å². The summed E-state index contributed by atoms with van der Waals surface area (Å²) in [6.45, 7) is 18.1. The van der Waals surface area contributed by atoms with Crippen molar-refractivity contribution < 1.29 is 23.1 Å². The van der Waals surface area contributed by atoms with E-state index in [-0.39, 0.29) is 41.9 Å². The van der Waals surface area contributed by atoms with Crippen molar-refractivity contribution in [3.63, 3.8) is 0 Å². The van der Waals surface area contributed by atoms with Gasteiger partial charge in [0.25, 0.3) is 8.32 Å². The normalized spacial score (nSPS) is 14.0. The molecule has 7 heteroatoms. The minimum atomic E-state index is -2.78. The third-order valence-electron chi connectivity index (χ3n) is 8.91. The lowest BCUT2D eigenvalue weighted by Crippen LogP contribution is -2.66. The van der Waals surface area contributed by atoms with Gasteiger partial charge in [0.15, 0.2) is 14.1 Å². The molecule has 0 heterocycles. The van der Waals surface area contributed by atoms with E-state index in [2.05, 4.69) is 109 Å². The Labute approximate surface area is 273 Å². The van der Waals surface area contributed by atoms with E-state index in [1.165, 1.54) is 10.4 Å². The van der Waals surface area contributed by atoms with Crippen LogP contribution in [0.2, 0.25) is 23.2 Å². The Bertz CT molecular complexity index is 1350. The largest absolute Gasteiger partial charge is 0.497 e. The third kappa shape index (κ3) is 9.28. The summed E-state index contributed by atoms with van der Waals surface area (Å²) in [5.74, 6) is 3.54. The van der Waals surface area contributed by atoms with Gasteiger partial charge in [-0.3, -0.25) is 4.79 Å². The van der Waals surface area contributed by atoms with Crippen molar-refractivity contribution in [1.29, 1.82) is 0 Å². The molecule has 0 aromatic heterocycles. The number of benzene rings is 3. The van der Waals surface area contributed by atoms with Crippen LogP contribution in [0.15, 0.2) is 84.9 Å². The van der Waals surface area contributed by atoms with Crippen LogP contribution in [0.3, 0.4) is 0 Å². The molecule has 3 aromatic carbocycles. The van der Waals surface area contributed by atoms with E-state index in [1.807, 2.05) is 36.4 Å². The van der Waals surface area contributed by atoms with Crippen molar-refractivity contribution in [1.82, 2.24) is 0 Å². The number of terminal acetylenes is 1. The average Bonchev–Trinajstić information content (AvgIpc) is 3.00. The Balaban J connectivity index is 1.86. The number of carbonyl (C=O) groups is 1. The van der Waals surface area contributed by atoms with Gasteiger partial charge in [-0.15, -0.1) is 6.42 Å². The van der Waals surface area contributed by atoms with Gasteiger partial charge >= 0.3 is 0 Å². The van der Waals surface area contributed by atoms with E-state index >= 15 is 0 Å². The summed E-state index contributed by atoms with van der Waals surface area (Å²) in [4.78, 5) is 14.0. The number of methoxy groups -OCH3 is 1. The summed E-state index contributed by atoms with van der Waals surface area (Å²) < 4.78 is 25.2. The molecule has 45 heavy (non-hydrogen) atoms. The lowest BCUT2D eigenvalue weighted by molar-refractivity contribution is -0.133. The number of hydrogen-bond acceptors (Lipinski definition) is 5. The second-order valence-corrected chi connectivity index (χ2v) is 23.2. The first-order chi connectivity index (χ1) is 21.1. The van der Waals surface area contributed by atoms with Crippen molar-refractivity contribution in [2.45, 2.75) is 96.4 Å². The van der Waals surface area contributed by atoms with Crippen molar-refractivity contribution >= 4 is 32.8 Å². The number of hydrogen-bond donors (Lipinski definition) is 0. The van der Waals surface area contributed by atoms with Crippen LogP contribution in [-0.2, 0) is 25.0 Å². The Morgan fingerprint density at radius 3 is 1.80 bits per heavy atom. The molecule has 0 spiro atoms. The molecule has 3 aromatic rings. The molecule has 0 aliphatic rings. The van der Waals surface area contributed by atoms with Gasteiger partial charge < -0.3 is 18.3 Å². The minimum Gasteiger partial charge on any atom is -0.497 e. The first-order valence-corrected chi connectivity index (χ1v) is 20.6. The third-order valence-corrected chi connectivity index (χ3v) is 18.4. The smallest absolute Gasteiger partial charge is 0.261 e. The van der Waals surface area contributed by atoms with Gasteiger partial charge in [-0.25, -0.2) is 0 Å². The first-order valence-electron chi connectivity index (χ1n) is 15.8. The number of rotatable bonds is 15. The van der Waals surface area contributed by atoms with E-state index in [1.54, 1.807) is 7.11 Å². The summed E-state index contributed by atoms with van der Waals surface area (Å²) in [7, 11) is -3.32. The maximum atomic E-state index is 14.0. The molecule has 2 atom stereocenters. The van der Waals surface area contributed by atoms with E-state index in [0.717, 1.165) is 11.3 Å². The van der Waals surface area contributed by atoms with Crippen LogP contribution in [0.1, 0.15) is 59.9 Å². The van der Waals surface area contributed by atoms with Crippen LogP contribution in [0.4, 0.5) is 0 Å². The van der Waals surface area contributed by atoms with Gasteiger partial charge in [0.2, 0.25) is 0 Å². The zero-order valence-corrected chi connectivity index (χ0v) is 30.7. The summed E-state index contributed by atoms with van der Waals surface area (Å²) in [5, 5.41) is 2.15. The van der Waals surface area contributed by atoms with E-state index in [0.29, 0.717) is 0 Å². The number of ketones is 1. The standard InChI is InChI=1S/C38H52O5Si2/c1-11-31(43-44(9,10)37(2,3)4)28-36(41-29-30-22-24-32(40-8)25-23-30)35(39)26-27-42-45(38(5,6)7,33-18-14-12-15-19-33)34-20-16-13-17-21-34/h1,12-25,31,36H,26-29H2,2-10H3/t31-,36+/m0/s1. The fourth-order valence-corrected chi connectivity index (χ4v) is 11.1. The highest BCUT2D eigenvalue weighted by atomic mass is 28.4. The Morgan fingerprint density at radius 1 is 0.822 bits per heavy atom. The lowest BCUT2D eigenvalue weighted by atomic mass is 10.1. The molecule has 0 amide bonds. The van der Waals surface area contributed by atoms with Crippen LogP contribution < -0.4 is 15.1 Å². The predicted molar refractivity (Wildman–Crippen MR) is 190 cm³/mol. The fourth-order valence-electron chi connectivity index (χ4n) is 5.32. The van der Waals surface area contributed by atoms with Crippen LogP contribution >= 0.6 is 0 Å². The molecule has 0 radical (unpaired) electrons. The molecule has 0 N–H and O–H groups in total. The molecule has 0 aliphatic carbocycles. The number of carbonyl (C=O) groups excluding carboxylic acids is 1. The second-order valence-electron chi connectivity index (χ2n) is 14.1. The average molecular weight is 645 g/mol. The zero-order valence-electron chi connectivity index (χ0n) is 28.7. The van der Waals surface area contributed by atoms with Gasteiger partial charge in [0.05, 0.1) is 13.7 Å². The maximum absolute atomic E-state index is 14.0. The Kier molecular flexibility index (Phi) is 12.6. The highest BCUT2D eigenvalue weighted by molar-refractivity contribution is 6.99. The lowest BCUT2D eigenvalue weighted by Gasteiger charge is -2.43. The topological polar surface area (TPSA) is 54.0 Å². The van der Waals surface area contributed by atoms with Crippen LogP contribution in [0.25, 0.3) is 0 Å². The van der Waals surface area contributed by atoms with E-state index in [9.17, 15) is 4.79 Å². The summed E-state index contributed by atoms with van der Waals surface area (Å²) in [6, 6.07) is 28.6. The summed E-state index contributed by atoms with van der Waals surface area (Å²) in [6.07, 6.45) is 5.22. The Morgan fingerprint density at radius 2 is 1.36 bits per heavy atom. The van der Waals surface area contributed by atoms with Gasteiger partial charge in [-0.1, -0.05) is 120 Å². The van der Waals surface area contributed by atoms with Crippen LogP contribution in [0.5, 0.6) is 5.75 Å². The highest BCUT2D eigenvalue weighted by Gasteiger charge is 2.50. The molecule has 0 aliphatic heterocycles. The van der Waals surface area contributed by atoms with E-state index in [4.69, 9.17) is 24.7 Å². The summed E-state index contributed by atoms with van der Waals surface area (Å²) in [5.41, 5.74) is 0.944. The number of Topliss-reactive ketones (excluding diaryl/α,β-unsaturated/α-hetero) is 1. The van der Waals surface area contributed by atoms with Crippen molar-refractivity contribution in [2.24, 2.45) is 0 Å². The van der Waals surface area contributed by atoms with Gasteiger partial charge in [-0.2, -0.15) is 0 Å². The highest BCUT2D eigenvalue weighted by Crippen LogP contribution is 2.38. The predicted octanol–water partition coefficient (Wildman–Crippen LogP) is 7.53. The molecule has 0 saturated heterocycles. The maximum Gasteiger partial charge on any atom is 0.261 e. The monoisotopic (exact) mass is 644 g/mol. The van der Waals surface area contributed by atoms with Crippen LogP contribution in [-0.4, -0.2) is 48.3 Å². The van der Waals surface area contributed by atoms with Crippen LogP contribution in [0, 0.1) is 12.3 Å². The Hall–Kier alpha value is -3.00. The van der Waals surface area contributed by atoms with Gasteiger partial charge in [0, 0.05) is 19.4 Å². The molecule has 242 valence electrons. The van der Waals surface area contributed by atoms with E-state index < -0.39 is 28.8 Å². The molecule has 3 rings (SSSR count). The molecule has 5 nitrogen and oxygen atoms in total. The molecule has 0 unspecified atom stereocenters. The minimum absolute atomic E-state index is 0.0187. The van der Waals surface area contributed by atoms with Crippen molar-refractivity contribution in [2.75, 3.05) is 13.7 Å². The molecule has 0 fully saturated rings. The molecular formula is C38H52O5Si2. The van der Waals surface area contributed by atoms with Gasteiger partial charge in [0.1, 0.15) is 18.0 Å². The van der Waals surface area contributed by atoms with Crippen molar-refractivity contribution in [3.8, 4) is 18.1 Å². The molecule has 0 saturated carbocycles. The number of ether oxygens (including phenoxy) is 2. The second kappa shape index (κ2) is 15.5. The summed E-state index contributed by atoms with van der Waals surface area (Å²) >= 11 is 0. The quantitative estimate of drug-likeness (QED) is 0.127. The fraction of sp³-hybridized carbons (Fsp3) is 0.447.